The molecule has 0 unspecified atom stereocenters. The number of pyridine rings is 1. The maximum absolute atomic E-state index is 13.4. The minimum atomic E-state index is -0.599. The zero-order valence-electron chi connectivity index (χ0n) is 9.35. The maximum Gasteiger partial charge on any atom is 0.259 e. The zero-order chi connectivity index (χ0) is 13.1. The van der Waals surface area contributed by atoms with Crippen LogP contribution in [0.25, 0.3) is 0 Å². The molecule has 0 saturated carbocycles. The van der Waals surface area contributed by atoms with Gasteiger partial charge in [-0.15, -0.1) is 0 Å². The Balaban J connectivity index is 2.22. The number of benzene rings is 1. The summed E-state index contributed by atoms with van der Waals surface area (Å²) in [4.78, 5) is 15.6. The number of rotatable bonds is 2. The molecule has 1 aromatic carbocycles. The van der Waals surface area contributed by atoms with Crippen LogP contribution in [0.1, 0.15) is 10.4 Å². The molecule has 4 nitrogen and oxygen atoms in total. The third-order valence-electron chi connectivity index (χ3n) is 2.32. The second kappa shape index (κ2) is 4.87. The summed E-state index contributed by atoms with van der Waals surface area (Å²) in [5, 5.41) is 2.44. The van der Waals surface area contributed by atoms with E-state index < -0.39 is 11.7 Å². The van der Waals surface area contributed by atoms with E-state index in [0.29, 0.717) is 5.46 Å². The first kappa shape index (κ1) is 12.1. The number of carbonyl (C=O) groups excluding carboxylic acids is 1. The van der Waals surface area contributed by atoms with E-state index in [9.17, 15) is 9.18 Å². The van der Waals surface area contributed by atoms with Crippen molar-refractivity contribution in [3.05, 3.63) is 47.8 Å². The molecule has 0 aliphatic carbocycles. The van der Waals surface area contributed by atoms with Crippen LogP contribution in [0.15, 0.2) is 36.4 Å². The van der Waals surface area contributed by atoms with Crippen molar-refractivity contribution in [3.8, 4) is 0 Å². The lowest BCUT2D eigenvalue weighted by molar-refractivity contribution is 0.102. The summed E-state index contributed by atoms with van der Waals surface area (Å²) in [5.41, 5.74) is 5.76. The monoisotopic (exact) mass is 241 g/mol. The third-order valence-corrected chi connectivity index (χ3v) is 2.32. The molecule has 2 radical (unpaired) electrons. The predicted octanol–water partition coefficient (Wildman–Crippen LogP) is 0.849. The number of nitrogens with one attached hydrogen (secondary N) is 1. The van der Waals surface area contributed by atoms with Crippen molar-refractivity contribution in [2.75, 3.05) is 11.1 Å². The van der Waals surface area contributed by atoms with E-state index >= 15 is 0 Å². The van der Waals surface area contributed by atoms with Crippen molar-refractivity contribution < 1.29 is 9.18 Å². The van der Waals surface area contributed by atoms with Gasteiger partial charge in [-0.1, -0.05) is 23.7 Å². The average molecular weight is 241 g/mol. The van der Waals surface area contributed by atoms with Gasteiger partial charge in [-0.25, -0.2) is 9.37 Å². The van der Waals surface area contributed by atoms with E-state index in [1.165, 1.54) is 30.3 Å². The van der Waals surface area contributed by atoms with E-state index in [-0.39, 0.29) is 17.2 Å². The quantitative estimate of drug-likeness (QED) is 0.766. The molecule has 3 N–H and O–H groups in total. The van der Waals surface area contributed by atoms with Crippen molar-refractivity contribution in [1.29, 1.82) is 0 Å². The first-order chi connectivity index (χ1) is 8.58. The number of aromatic nitrogens is 1. The summed E-state index contributed by atoms with van der Waals surface area (Å²) in [7, 11) is 5.49. The Morgan fingerprint density at radius 1 is 1.28 bits per heavy atom. The van der Waals surface area contributed by atoms with Gasteiger partial charge in [0, 0.05) is 0 Å². The fraction of sp³-hybridized carbons (Fsp3) is 0. The minimum absolute atomic E-state index is 0.0605. The molecule has 0 aliphatic heterocycles. The van der Waals surface area contributed by atoms with E-state index in [2.05, 4.69) is 10.3 Å². The molecule has 1 heterocycles. The Hall–Kier alpha value is -2.37. The van der Waals surface area contributed by atoms with Crippen LogP contribution in [0.4, 0.5) is 16.0 Å². The predicted molar refractivity (Wildman–Crippen MR) is 68.4 cm³/mol. The highest BCUT2D eigenvalue weighted by Gasteiger charge is 2.11. The zero-order valence-corrected chi connectivity index (χ0v) is 9.35. The van der Waals surface area contributed by atoms with Crippen molar-refractivity contribution in [2.24, 2.45) is 0 Å². The van der Waals surface area contributed by atoms with Crippen molar-refractivity contribution in [3.63, 3.8) is 0 Å². The van der Waals surface area contributed by atoms with Crippen LogP contribution < -0.4 is 16.5 Å². The van der Waals surface area contributed by atoms with E-state index in [1.54, 1.807) is 6.07 Å². The number of halogens is 1. The minimum Gasteiger partial charge on any atom is -0.384 e. The third kappa shape index (κ3) is 2.48. The molecule has 2 rings (SSSR count). The smallest absolute Gasteiger partial charge is 0.259 e. The Morgan fingerprint density at radius 3 is 2.67 bits per heavy atom. The van der Waals surface area contributed by atoms with Crippen LogP contribution in [0.2, 0.25) is 0 Å². The lowest BCUT2D eigenvalue weighted by atomic mass is 9.97. The van der Waals surface area contributed by atoms with Gasteiger partial charge in [0.2, 0.25) is 0 Å². The number of hydrogen-bond acceptors (Lipinski definition) is 3. The SMILES string of the molecule is [B]c1ccc(NC(=O)c2ccccc2F)nc1N. The summed E-state index contributed by atoms with van der Waals surface area (Å²) in [6.07, 6.45) is 0. The lowest BCUT2D eigenvalue weighted by Gasteiger charge is -2.07. The maximum atomic E-state index is 13.4. The topological polar surface area (TPSA) is 68.0 Å². The van der Waals surface area contributed by atoms with Gasteiger partial charge >= 0.3 is 0 Å². The average Bonchev–Trinajstić information content (AvgIpc) is 2.34. The van der Waals surface area contributed by atoms with Gasteiger partial charge < -0.3 is 11.1 Å². The lowest BCUT2D eigenvalue weighted by Crippen LogP contribution is -2.18. The normalized spacial score (nSPS) is 10.1. The summed E-state index contributed by atoms with van der Waals surface area (Å²) in [6.45, 7) is 0. The molecule has 88 valence electrons. The van der Waals surface area contributed by atoms with Gasteiger partial charge in [-0.2, -0.15) is 0 Å². The van der Waals surface area contributed by atoms with Crippen LogP contribution in [0.3, 0.4) is 0 Å². The van der Waals surface area contributed by atoms with E-state index in [1.807, 2.05) is 0 Å². The molecule has 1 aromatic heterocycles. The first-order valence-electron chi connectivity index (χ1n) is 5.16. The number of amides is 1. The highest BCUT2D eigenvalue weighted by Crippen LogP contribution is 2.10. The number of hydrogen-bond donors (Lipinski definition) is 2. The molecule has 2 aromatic rings. The van der Waals surface area contributed by atoms with Crippen molar-refractivity contribution in [1.82, 2.24) is 4.98 Å². The fourth-order valence-corrected chi connectivity index (χ4v) is 1.38. The number of anilines is 2. The second-order valence-electron chi connectivity index (χ2n) is 3.60. The molecule has 0 bridgehead atoms. The largest absolute Gasteiger partial charge is 0.384 e. The molecule has 0 spiro atoms. The van der Waals surface area contributed by atoms with Crippen LogP contribution >= 0.6 is 0 Å². The Morgan fingerprint density at radius 2 is 2.00 bits per heavy atom. The molecule has 18 heavy (non-hydrogen) atoms. The first-order valence-corrected chi connectivity index (χ1v) is 5.16. The molecule has 0 saturated heterocycles. The Labute approximate surface area is 104 Å². The van der Waals surface area contributed by atoms with Crippen LogP contribution in [-0.4, -0.2) is 18.7 Å². The molecule has 6 heteroatoms. The van der Waals surface area contributed by atoms with Gasteiger partial charge in [-0.3, -0.25) is 4.79 Å². The van der Waals surface area contributed by atoms with E-state index in [4.69, 9.17) is 13.6 Å². The van der Waals surface area contributed by atoms with Gasteiger partial charge in [0.1, 0.15) is 25.3 Å². The molecule has 0 fully saturated rings. The highest BCUT2D eigenvalue weighted by atomic mass is 19.1. The van der Waals surface area contributed by atoms with E-state index in [0.717, 1.165) is 0 Å². The second-order valence-corrected chi connectivity index (χ2v) is 3.60. The van der Waals surface area contributed by atoms with Gasteiger partial charge in [0.15, 0.2) is 0 Å². The van der Waals surface area contributed by atoms with Crippen molar-refractivity contribution >= 4 is 30.9 Å². The van der Waals surface area contributed by atoms with Crippen LogP contribution in [-0.2, 0) is 0 Å². The number of nitrogen functional groups attached to an aromatic ring is 1. The van der Waals surface area contributed by atoms with Crippen molar-refractivity contribution in [2.45, 2.75) is 0 Å². The fourth-order valence-electron chi connectivity index (χ4n) is 1.38. The molecule has 0 atom stereocenters. The molecule has 0 aliphatic rings. The summed E-state index contributed by atoms with van der Waals surface area (Å²) >= 11 is 0. The van der Waals surface area contributed by atoms with Gasteiger partial charge in [-0.05, 0) is 18.2 Å². The van der Waals surface area contributed by atoms with Gasteiger partial charge in [0.25, 0.3) is 5.91 Å². The number of nitrogens with zero attached hydrogens (tertiary/aromatic N) is 1. The number of carbonyl (C=O) groups is 1. The molecular formula is C12H9BFN3O. The summed E-state index contributed by atoms with van der Waals surface area (Å²) in [6, 6.07) is 8.67. The standard InChI is InChI=1S/C12H9BFN3O/c13-8-5-6-10(16-11(8)15)17-12(18)7-3-1-2-4-9(7)14/h1-6H,(H3,15,16,17,18). The Bertz CT molecular complexity index is 604. The number of nitrogens with two attached hydrogens (primary N) is 1. The Kier molecular flexibility index (Phi) is 3.27. The van der Waals surface area contributed by atoms with Gasteiger partial charge in [0.05, 0.1) is 5.56 Å². The summed E-state index contributed by atoms with van der Waals surface area (Å²) in [5.74, 6) is -0.862. The van der Waals surface area contributed by atoms with Crippen LogP contribution in [0, 0.1) is 5.82 Å². The summed E-state index contributed by atoms with van der Waals surface area (Å²) < 4.78 is 13.4. The van der Waals surface area contributed by atoms with Crippen LogP contribution in [0.5, 0.6) is 0 Å². The molecule has 1 amide bonds. The molecular weight excluding hydrogens is 232 g/mol. The highest BCUT2D eigenvalue weighted by molar-refractivity contribution is 6.35.